The summed E-state index contributed by atoms with van der Waals surface area (Å²) in [6.45, 7) is 3.59. The second-order valence-corrected chi connectivity index (χ2v) is 6.88. The van der Waals surface area contributed by atoms with Crippen molar-refractivity contribution in [1.29, 1.82) is 0 Å². The highest BCUT2D eigenvalue weighted by Gasteiger charge is 2.05. The van der Waals surface area contributed by atoms with Crippen LogP contribution >= 0.6 is 0 Å². The van der Waals surface area contributed by atoms with Crippen LogP contribution in [0.2, 0.25) is 0 Å². The van der Waals surface area contributed by atoms with Crippen LogP contribution in [0.4, 0.5) is 11.6 Å². The molecule has 0 fully saturated rings. The van der Waals surface area contributed by atoms with E-state index < -0.39 is 0 Å². The number of aromatic amines is 1. The molecular formula is C23H25N5. The standard InChI is InChI=1S/C23H25N5/c1-17-27-22(24-13-11-18-7-3-2-4-8-18)15-23(28-17)25-14-12-19-16-26-21-10-6-5-9-20(19)21/h2-10,15-16,26H,11-14H2,1H3,(H2,24,25,27,28). The number of fused-ring (bicyclic) bond motifs is 1. The molecule has 4 aromatic rings. The van der Waals surface area contributed by atoms with Crippen molar-refractivity contribution in [1.82, 2.24) is 15.0 Å². The lowest BCUT2D eigenvalue weighted by molar-refractivity contribution is 0.965. The zero-order valence-corrected chi connectivity index (χ0v) is 16.1. The number of nitrogens with zero attached hydrogens (tertiary/aromatic N) is 2. The van der Waals surface area contributed by atoms with Gasteiger partial charge in [0.1, 0.15) is 17.5 Å². The Bertz CT molecular complexity index is 1040. The van der Waals surface area contributed by atoms with Gasteiger partial charge in [-0.1, -0.05) is 48.5 Å². The Labute approximate surface area is 165 Å². The van der Waals surface area contributed by atoms with Crippen LogP contribution in [-0.4, -0.2) is 28.0 Å². The summed E-state index contributed by atoms with van der Waals surface area (Å²) in [5.74, 6) is 2.48. The number of rotatable bonds is 8. The number of nitrogens with one attached hydrogen (secondary N) is 3. The SMILES string of the molecule is Cc1nc(NCCc2ccccc2)cc(NCCc2c[nH]c3ccccc23)n1. The highest BCUT2D eigenvalue weighted by atomic mass is 15.1. The first-order valence-corrected chi connectivity index (χ1v) is 9.70. The van der Waals surface area contributed by atoms with Crippen molar-refractivity contribution in [2.45, 2.75) is 19.8 Å². The molecule has 0 amide bonds. The topological polar surface area (TPSA) is 65.6 Å². The van der Waals surface area contributed by atoms with Crippen molar-refractivity contribution in [2.24, 2.45) is 0 Å². The van der Waals surface area contributed by atoms with Crippen molar-refractivity contribution in [2.75, 3.05) is 23.7 Å². The van der Waals surface area contributed by atoms with Gasteiger partial charge in [-0.2, -0.15) is 0 Å². The number of anilines is 2. The molecule has 0 spiro atoms. The van der Waals surface area contributed by atoms with Gasteiger partial charge in [-0.15, -0.1) is 0 Å². The van der Waals surface area contributed by atoms with Crippen LogP contribution in [-0.2, 0) is 12.8 Å². The van der Waals surface area contributed by atoms with E-state index >= 15 is 0 Å². The average Bonchev–Trinajstić information content (AvgIpc) is 3.12. The third-order valence-electron chi connectivity index (χ3n) is 4.78. The summed E-state index contributed by atoms with van der Waals surface area (Å²) in [7, 11) is 0. The van der Waals surface area contributed by atoms with Gasteiger partial charge in [-0.3, -0.25) is 0 Å². The smallest absolute Gasteiger partial charge is 0.131 e. The number of aromatic nitrogens is 3. The Hall–Kier alpha value is -3.34. The number of benzene rings is 2. The van der Waals surface area contributed by atoms with E-state index in [1.54, 1.807) is 0 Å². The maximum atomic E-state index is 4.51. The number of hydrogen-bond acceptors (Lipinski definition) is 4. The van der Waals surface area contributed by atoms with E-state index in [-0.39, 0.29) is 0 Å². The largest absolute Gasteiger partial charge is 0.370 e. The third-order valence-corrected chi connectivity index (χ3v) is 4.78. The molecule has 3 N–H and O–H groups in total. The van der Waals surface area contributed by atoms with Gasteiger partial charge in [0.25, 0.3) is 0 Å². The van der Waals surface area contributed by atoms with E-state index in [1.165, 1.54) is 22.0 Å². The molecule has 2 aromatic carbocycles. The van der Waals surface area contributed by atoms with Crippen LogP contribution in [0.25, 0.3) is 10.9 Å². The molecule has 0 aliphatic rings. The lowest BCUT2D eigenvalue weighted by Crippen LogP contribution is -2.11. The Morgan fingerprint density at radius 2 is 1.50 bits per heavy atom. The van der Waals surface area contributed by atoms with Gasteiger partial charge in [-0.25, -0.2) is 9.97 Å². The van der Waals surface area contributed by atoms with Crippen molar-refractivity contribution in [3.63, 3.8) is 0 Å². The van der Waals surface area contributed by atoms with Gasteiger partial charge in [0.15, 0.2) is 0 Å². The maximum Gasteiger partial charge on any atom is 0.131 e. The summed E-state index contributed by atoms with van der Waals surface area (Å²) in [6, 6.07) is 20.8. The summed E-state index contributed by atoms with van der Waals surface area (Å²) < 4.78 is 0. The van der Waals surface area contributed by atoms with Gasteiger partial charge in [0.2, 0.25) is 0 Å². The van der Waals surface area contributed by atoms with E-state index in [2.05, 4.69) is 80.3 Å². The molecule has 4 rings (SSSR count). The quantitative estimate of drug-likeness (QED) is 0.424. The molecule has 2 aromatic heterocycles. The molecule has 28 heavy (non-hydrogen) atoms. The fourth-order valence-electron chi connectivity index (χ4n) is 3.39. The Kier molecular flexibility index (Phi) is 5.52. The molecule has 0 aliphatic carbocycles. The summed E-state index contributed by atoms with van der Waals surface area (Å²) in [5.41, 5.74) is 3.81. The first-order chi connectivity index (χ1) is 13.8. The fourth-order valence-corrected chi connectivity index (χ4v) is 3.39. The molecule has 142 valence electrons. The molecule has 0 atom stereocenters. The van der Waals surface area contributed by atoms with E-state index in [0.717, 1.165) is 43.4 Å². The van der Waals surface area contributed by atoms with E-state index in [0.29, 0.717) is 0 Å². The highest BCUT2D eigenvalue weighted by Crippen LogP contribution is 2.18. The first-order valence-electron chi connectivity index (χ1n) is 9.70. The van der Waals surface area contributed by atoms with Crippen LogP contribution in [0.1, 0.15) is 17.0 Å². The Morgan fingerprint density at radius 1 is 0.821 bits per heavy atom. The Morgan fingerprint density at radius 3 is 2.29 bits per heavy atom. The van der Waals surface area contributed by atoms with Crippen molar-refractivity contribution >= 4 is 22.5 Å². The van der Waals surface area contributed by atoms with Crippen LogP contribution < -0.4 is 10.6 Å². The van der Waals surface area contributed by atoms with E-state index in [9.17, 15) is 0 Å². The molecule has 5 heteroatoms. The molecule has 0 bridgehead atoms. The van der Waals surface area contributed by atoms with Crippen LogP contribution in [0.15, 0.2) is 66.9 Å². The monoisotopic (exact) mass is 371 g/mol. The lowest BCUT2D eigenvalue weighted by Gasteiger charge is -2.10. The average molecular weight is 371 g/mol. The Balaban J connectivity index is 1.33. The number of H-pyrrole nitrogens is 1. The molecule has 0 saturated carbocycles. The second-order valence-electron chi connectivity index (χ2n) is 6.88. The number of aryl methyl sites for hydroxylation is 1. The molecule has 0 saturated heterocycles. The summed E-state index contributed by atoms with van der Waals surface area (Å²) in [6.07, 6.45) is 3.99. The van der Waals surface area contributed by atoms with Crippen molar-refractivity contribution in [3.05, 3.63) is 83.8 Å². The van der Waals surface area contributed by atoms with Gasteiger partial charge in [0, 0.05) is 36.3 Å². The van der Waals surface area contributed by atoms with E-state index in [1.807, 2.05) is 19.1 Å². The van der Waals surface area contributed by atoms with Crippen molar-refractivity contribution < 1.29 is 0 Å². The lowest BCUT2D eigenvalue weighted by atomic mass is 10.1. The minimum absolute atomic E-state index is 0.763. The van der Waals surface area contributed by atoms with Gasteiger partial charge in [-0.05, 0) is 37.0 Å². The van der Waals surface area contributed by atoms with Crippen LogP contribution in [0.5, 0.6) is 0 Å². The third kappa shape index (κ3) is 4.49. The summed E-state index contributed by atoms with van der Waals surface area (Å²) in [5, 5.41) is 8.12. The predicted octanol–water partition coefficient (Wildman–Crippen LogP) is 4.58. The zero-order valence-electron chi connectivity index (χ0n) is 16.1. The van der Waals surface area contributed by atoms with Crippen LogP contribution in [0.3, 0.4) is 0 Å². The van der Waals surface area contributed by atoms with Gasteiger partial charge < -0.3 is 15.6 Å². The number of hydrogen-bond donors (Lipinski definition) is 3. The zero-order chi connectivity index (χ0) is 19.2. The highest BCUT2D eigenvalue weighted by molar-refractivity contribution is 5.83. The molecule has 0 radical (unpaired) electrons. The van der Waals surface area contributed by atoms with Crippen molar-refractivity contribution in [3.8, 4) is 0 Å². The van der Waals surface area contributed by atoms with Gasteiger partial charge in [0.05, 0.1) is 0 Å². The molecule has 2 heterocycles. The second kappa shape index (κ2) is 8.57. The van der Waals surface area contributed by atoms with Crippen LogP contribution in [0, 0.1) is 6.92 Å². The first kappa shape index (κ1) is 18.0. The predicted molar refractivity (Wildman–Crippen MR) is 116 cm³/mol. The normalized spacial score (nSPS) is 10.9. The fraction of sp³-hybridized carbons (Fsp3) is 0.217. The maximum absolute atomic E-state index is 4.51. The molecule has 5 nitrogen and oxygen atoms in total. The minimum atomic E-state index is 0.763. The molecule has 0 unspecified atom stereocenters. The summed E-state index contributed by atoms with van der Waals surface area (Å²) in [4.78, 5) is 12.3. The number of para-hydroxylation sites is 1. The molecule has 0 aliphatic heterocycles. The van der Waals surface area contributed by atoms with E-state index in [4.69, 9.17) is 0 Å². The minimum Gasteiger partial charge on any atom is -0.370 e. The van der Waals surface area contributed by atoms with Gasteiger partial charge >= 0.3 is 0 Å². The summed E-state index contributed by atoms with van der Waals surface area (Å²) >= 11 is 0. The molecular weight excluding hydrogens is 346 g/mol.